The molecule has 0 aliphatic carbocycles. The maximum atomic E-state index is 12.8. The predicted octanol–water partition coefficient (Wildman–Crippen LogP) is -0.114. The Bertz CT molecular complexity index is 392. The van der Waals surface area contributed by atoms with Gasteiger partial charge in [-0.05, 0) is 31.8 Å². The highest BCUT2D eigenvalue weighted by Gasteiger charge is 2.39. The fourth-order valence-corrected chi connectivity index (χ4v) is 3.19. The number of piperidine rings is 1. The third-order valence-electron chi connectivity index (χ3n) is 3.45. The van der Waals surface area contributed by atoms with Crippen LogP contribution in [0.4, 0.5) is 3.89 Å². The summed E-state index contributed by atoms with van der Waals surface area (Å²) < 4.78 is 34.3. The molecular weight excluding hydrogens is 247 g/mol. The number of amides is 1. The molecular formula is C10H17FN2O3S. The Kier molecular flexibility index (Phi) is 3.67. The standard InChI is InChI=1S/C10H17FN2O3S/c11-17(15,16)9-4-10(14)13(7-9)6-8-2-1-3-12-5-8/h8-9,12H,1-7H2. The molecule has 2 aliphatic heterocycles. The molecule has 2 heterocycles. The topological polar surface area (TPSA) is 66.5 Å². The fraction of sp³-hybridized carbons (Fsp3) is 0.900. The molecule has 0 aromatic heterocycles. The molecule has 0 aromatic carbocycles. The second kappa shape index (κ2) is 4.89. The maximum absolute atomic E-state index is 12.8. The molecule has 1 N–H and O–H groups in total. The zero-order chi connectivity index (χ0) is 12.5. The van der Waals surface area contributed by atoms with E-state index in [1.165, 1.54) is 4.90 Å². The van der Waals surface area contributed by atoms with Gasteiger partial charge in [0.1, 0.15) is 5.25 Å². The average Bonchev–Trinajstić information content (AvgIpc) is 2.62. The van der Waals surface area contributed by atoms with Crippen LogP contribution in [0.1, 0.15) is 19.3 Å². The van der Waals surface area contributed by atoms with Crippen LogP contribution in [0.5, 0.6) is 0 Å². The number of carbonyl (C=O) groups is 1. The molecule has 17 heavy (non-hydrogen) atoms. The Labute approximate surface area is 101 Å². The van der Waals surface area contributed by atoms with E-state index in [2.05, 4.69) is 5.32 Å². The van der Waals surface area contributed by atoms with Gasteiger partial charge >= 0.3 is 10.2 Å². The number of carbonyl (C=O) groups excluding carboxylic acids is 1. The first-order valence-electron chi connectivity index (χ1n) is 5.89. The highest BCUT2D eigenvalue weighted by atomic mass is 32.3. The Hall–Kier alpha value is -0.690. The van der Waals surface area contributed by atoms with Crippen molar-refractivity contribution < 1.29 is 17.1 Å². The lowest BCUT2D eigenvalue weighted by atomic mass is 9.99. The van der Waals surface area contributed by atoms with E-state index in [1.807, 2.05) is 0 Å². The molecule has 7 heteroatoms. The minimum absolute atomic E-state index is 0.00810. The van der Waals surface area contributed by atoms with Gasteiger partial charge < -0.3 is 10.2 Å². The number of halogens is 1. The zero-order valence-electron chi connectivity index (χ0n) is 9.56. The summed E-state index contributed by atoms with van der Waals surface area (Å²) in [6, 6.07) is 0. The minimum atomic E-state index is -4.59. The van der Waals surface area contributed by atoms with E-state index in [0.29, 0.717) is 12.5 Å². The lowest BCUT2D eigenvalue weighted by Crippen LogP contribution is -2.39. The Balaban J connectivity index is 1.92. The van der Waals surface area contributed by atoms with Gasteiger partial charge in [-0.2, -0.15) is 8.42 Å². The molecule has 2 aliphatic rings. The number of nitrogens with zero attached hydrogens (tertiary/aromatic N) is 1. The van der Waals surface area contributed by atoms with Crippen molar-refractivity contribution in [2.24, 2.45) is 5.92 Å². The molecule has 0 bridgehead atoms. The summed E-state index contributed by atoms with van der Waals surface area (Å²) >= 11 is 0. The summed E-state index contributed by atoms with van der Waals surface area (Å²) in [6.07, 6.45) is 1.89. The average molecular weight is 264 g/mol. The van der Waals surface area contributed by atoms with E-state index < -0.39 is 15.5 Å². The Morgan fingerprint density at radius 1 is 1.47 bits per heavy atom. The van der Waals surface area contributed by atoms with Crippen LogP contribution in [0, 0.1) is 5.92 Å². The van der Waals surface area contributed by atoms with E-state index in [0.717, 1.165) is 25.9 Å². The van der Waals surface area contributed by atoms with Crippen molar-refractivity contribution in [2.45, 2.75) is 24.5 Å². The number of nitrogens with one attached hydrogen (secondary N) is 1. The quantitative estimate of drug-likeness (QED) is 0.722. The molecule has 2 rings (SSSR count). The van der Waals surface area contributed by atoms with Crippen molar-refractivity contribution >= 4 is 16.1 Å². The first-order valence-corrected chi connectivity index (χ1v) is 7.33. The molecule has 2 unspecified atom stereocenters. The molecule has 2 fully saturated rings. The first-order chi connectivity index (χ1) is 7.97. The van der Waals surface area contributed by atoms with Gasteiger partial charge in [-0.15, -0.1) is 3.89 Å². The van der Waals surface area contributed by atoms with Gasteiger partial charge in [-0.25, -0.2) is 0 Å². The van der Waals surface area contributed by atoms with Gasteiger partial charge in [-0.1, -0.05) is 0 Å². The number of hydrogen-bond donors (Lipinski definition) is 1. The first kappa shape index (κ1) is 12.8. The van der Waals surface area contributed by atoms with Crippen molar-refractivity contribution in [3.8, 4) is 0 Å². The van der Waals surface area contributed by atoms with Crippen molar-refractivity contribution in [1.82, 2.24) is 10.2 Å². The molecule has 0 aromatic rings. The van der Waals surface area contributed by atoms with E-state index in [4.69, 9.17) is 0 Å². The monoisotopic (exact) mass is 264 g/mol. The molecule has 2 saturated heterocycles. The van der Waals surface area contributed by atoms with Crippen LogP contribution in [0.25, 0.3) is 0 Å². The third-order valence-corrected chi connectivity index (χ3v) is 4.57. The van der Waals surface area contributed by atoms with Gasteiger partial charge in [0.2, 0.25) is 5.91 Å². The summed E-state index contributed by atoms with van der Waals surface area (Å²) in [7, 11) is -4.59. The minimum Gasteiger partial charge on any atom is -0.341 e. The highest BCUT2D eigenvalue weighted by molar-refractivity contribution is 7.87. The maximum Gasteiger partial charge on any atom is 0.307 e. The summed E-state index contributed by atoms with van der Waals surface area (Å²) in [5.41, 5.74) is 0. The van der Waals surface area contributed by atoms with Crippen LogP contribution in [0.3, 0.4) is 0 Å². The van der Waals surface area contributed by atoms with Crippen LogP contribution >= 0.6 is 0 Å². The molecule has 2 atom stereocenters. The molecule has 0 saturated carbocycles. The van der Waals surface area contributed by atoms with Gasteiger partial charge in [0.15, 0.2) is 0 Å². The lowest BCUT2D eigenvalue weighted by Gasteiger charge is -2.27. The van der Waals surface area contributed by atoms with Crippen molar-refractivity contribution in [3.05, 3.63) is 0 Å². The van der Waals surface area contributed by atoms with Crippen LogP contribution in [-0.2, 0) is 15.0 Å². The molecule has 0 radical (unpaired) electrons. The van der Waals surface area contributed by atoms with E-state index in [1.54, 1.807) is 0 Å². The number of rotatable bonds is 3. The third kappa shape index (κ3) is 3.16. The van der Waals surface area contributed by atoms with Crippen LogP contribution in [0.2, 0.25) is 0 Å². The Morgan fingerprint density at radius 2 is 2.24 bits per heavy atom. The fourth-order valence-electron chi connectivity index (χ4n) is 2.49. The molecule has 98 valence electrons. The van der Waals surface area contributed by atoms with Gasteiger partial charge in [-0.3, -0.25) is 4.79 Å². The summed E-state index contributed by atoms with van der Waals surface area (Å²) in [6.45, 7) is 2.38. The normalized spacial score (nSPS) is 30.9. The smallest absolute Gasteiger partial charge is 0.307 e. The zero-order valence-corrected chi connectivity index (χ0v) is 10.4. The van der Waals surface area contributed by atoms with Gasteiger partial charge in [0.25, 0.3) is 0 Å². The molecule has 0 spiro atoms. The van der Waals surface area contributed by atoms with Gasteiger partial charge in [0, 0.05) is 19.5 Å². The van der Waals surface area contributed by atoms with Crippen LogP contribution in [0.15, 0.2) is 0 Å². The summed E-state index contributed by atoms with van der Waals surface area (Å²) in [5, 5.41) is 2.07. The van der Waals surface area contributed by atoms with E-state index >= 15 is 0 Å². The van der Waals surface area contributed by atoms with E-state index in [-0.39, 0.29) is 18.9 Å². The van der Waals surface area contributed by atoms with Crippen molar-refractivity contribution in [3.63, 3.8) is 0 Å². The van der Waals surface area contributed by atoms with E-state index in [9.17, 15) is 17.1 Å². The number of likely N-dealkylation sites (tertiary alicyclic amines) is 1. The Morgan fingerprint density at radius 3 is 2.76 bits per heavy atom. The molecule has 5 nitrogen and oxygen atoms in total. The summed E-state index contributed by atoms with van der Waals surface area (Å²) in [4.78, 5) is 13.1. The second-order valence-electron chi connectivity index (χ2n) is 4.81. The van der Waals surface area contributed by atoms with Gasteiger partial charge in [0.05, 0.1) is 0 Å². The van der Waals surface area contributed by atoms with Crippen LogP contribution < -0.4 is 5.32 Å². The lowest BCUT2D eigenvalue weighted by molar-refractivity contribution is -0.128. The largest absolute Gasteiger partial charge is 0.341 e. The van der Waals surface area contributed by atoms with Crippen LogP contribution in [-0.4, -0.2) is 50.7 Å². The summed E-state index contributed by atoms with van der Waals surface area (Å²) in [5.74, 6) is 0.107. The SMILES string of the molecule is O=C1CC(S(=O)(=O)F)CN1CC1CCCNC1. The van der Waals surface area contributed by atoms with Crippen molar-refractivity contribution in [1.29, 1.82) is 0 Å². The number of hydrogen-bond acceptors (Lipinski definition) is 4. The predicted molar refractivity (Wildman–Crippen MR) is 60.6 cm³/mol. The highest BCUT2D eigenvalue weighted by Crippen LogP contribution is 2.22. The second-order valence-corrected chi connectivity index (χ2v) is 6.43. The van der Waals surface area contributed by atoms with Crippen molar-refractivity contribution in [2.75, 3.05) is 26.2 Å². The molecule has 1 amide bonds.